The van der Waals surface area contributed by atoms with Gasteiger partial charge >= 0.3 is 0 Å². The summed E-state index contributed by atoms with van der Waals surface area (Å²) in [5, 5.41) is 0. The molecule has 1 aromatic heterocycles. The molecule has 4 N–H and O–H groups in total. The van der Waals surface area contributed by atoms with Crippen LogP contribution in [0.5, 0.6) is 0 Å². The van der Waals surface area contributed by atoms with Crippen molar-refractivity contribution in [2.24, 2.45) is 5.73 Å². The van der Waals surface area contributed by atoms with E-state index in [2.05, 4.69) is 20.9 Å². The molecule has 86 valence electrons. The van der Waals surface area contributed by atoms with Crippen molar-refractivity contribution in [3.8, 4) is 0 Å². The number of nitrogens with two attached hydrogens (primary N) is 2. The van der Waals surface area contributed by atoms with E-state index in [0.717, 1.165) is 29.7 Å². The minimum absolute atomic E-state index is 0.257. The number of pyridine rings is 1. The van der Waals surface area contributed by atoms with Crippen LogP contribution in [0.4, 0.5) is 11.5 Å². The smallest absolute Gasteiger partial charge is 0.240 e. The van der Waals surface area contributed by atoms with Crippen molar-refractivity contribution in [2.45, 2.75) is 18.9 Å². The second-order valence-corrected chi connectivity index (χ2v) is 4.68. The summed E-state index contributed by atoms with van der Waals surface area (Å²) in [6.45, 7) is 0.795. The van der Waals surface area contributed by atoms with Crippen LogP contribution >= 0.6 is 15.9 Å². The Morgan fingerprint density at radius 1 is 1.62 bits per heavy atom. The molecular weight excluding hydrogens is 272 g/mol. The number of hydrogen-bond acceptors (Lipinski definition) is 4. The number of nitrogens with zero attached hydrogens (tertiary/aromatic N) is 2. The van der Waals surface area contributed by atoms with Crippen LogP contribution in [0.2, 0.25) is 0 Å². The minimum atomic E-state index is -0.303. The average molecular weight is 285 g/mol. The molecule has 1 aliphatic heterocycles. The van der Waals surface area contributed by atoms with Crippen LogP contribution in [0.3, 0.4) is 0 Å². The number of carbonyl (C=O) groups is 1. The van der Waals surface area contributed by atoms with Gasteiger partial charge in [-0.3, -0.25) is 4.79 Å². The Bertz CT molecular complexity index is 423. The lowest BCUT2D eigenvalue weighted by Crippen LogP contribution is -2.40. The maximum atomic E-state index is 11.3. The second kappa shape index (κ2) is 4.29. The van der Waals surface area contributed by atoms with Crippen LogP contribution < -0.4 is 16.4 Å². The number of primary amides is 1. The lowest BCUT2D eigenvalue weighted by molar-refractivity contribution is -0.119. The summed E-state index contributed by atoms with van der Waals surface area (Å²) in [6, 6.07) is 1.52. The largest absolute Gasteiger partial charge is 0.397 e. The number of carbonyl (C=O) groups excluding carboxylic acids is 1. The van der Waals surface area contributed by atoms with Gasteiger partial charge in [0.15, 0.2) is 0 Å². The van der Waals surface area contributed by atoms with Gasteiger partial charge in [0, 0.05) is 6.54 Å². The van der Waals surface area contributed by atoms with E-state index in [4.69, 9.17) is 11.5 Å². The molecule has 1 amide bonds. The molecule has 1 unspecified atom stereocenters. The van der Waals surface area contributed by atoms with Crippen molar-refractivity contribution in [3.63, 3.8) is 0 Å². The maximum absolute atomic E-state index is 11.3. The van der Waals surface area contributed by atoms with E-state index in [1.54, 1.807) is 12.3 Å². The Kier molecular flexibility index (Phi) is 3.00. The van der Waals surface area contributed by atoms with Crippen molar-refractivity contribution in [2.75, 3.05) is 17.2 Å². The molecule has 0 bridgehead atoms. The Labute approximate surface area is 102 Å². The fourth-order valence-electron chi connectivity index (χ4n) is 1.97. The molecule has 1 aliphatic rings. The molecule has 0 spiro atoms. The second-order valence-electron chi connectivity index (χ2n) is 3.83. The van der Waals surface area contributed by atoms with Crippen molar-refractivity contribution in [1.82, 2.24) is 4.98 Å². The summed E-state index contributed by atoms with van der Waals surface area (Å²) in [5.41, 5.74) is 11.6. The van der Waals surface area contributed by atoms with Crippen LogP contribution in [-0.4, -0.2) is 23.5 Å². The van der Waals surface area contributed by atoms with Gasteiger partial charge in [0.2, 0.25) is 5.91 Å². The number of anilines is 2. The number of rotatable bonds is 2. The van der Waals surface area contributed by atoms with Crippen molar-refractivity contribution in [1.29, 1.82) is 0 Å². The SMILES string of the molecule is NC(=O)C1CCCN1c1ncc(N)cc1Br. The monoisotopic (exact) mass is 284 g/mol. The Hall–Kier alpha value is -1.30. The van der Waals surface area contributed by atoms with Crippen molar-refractivity contribution < 1.29 is 4.79 Å². The van der Waals surface area contributed by atoms with Gasteiger partial charge < -0.3 is 16.4 Å². The molecule has 1 saturated heterocycles. The van der Waals surface area contributed by atoms with Crippen molar-refractivity contribution >= 4 is 33.3 Å². The normalized spacial score (nSPS) is 20.1. The molecule has 1 fully saturated rings. The van der Waals surface area contributed by atoms with Crippen LogP contribution in [0, 0.1) is 0 Å². The fourth-order valence-corrected chi connectivity index (χ4v) is 2.57. The van der Waals surface area contributed by atoms with Crippen LogP contribution in [-0.2, 0) is 4.79 Å². The molecule has 5 nitrogen and oxygen atoms in total. The molecule has 1 atom stereocenters. The van der Waals surface area contributed by atoms with Gasteiger partial charge in [-0.25, -0.2) is 4.98 Å². The summed E-state index contributed by atoms with van der Waals surface area (Å²) < 4.78 is 0.792. The van der Waals surface area contributed by atoms with Crippen molar-refractivity contribution in [3.05, 3.63) is 16.7 Å². The standard InChI is InChI=1S/C10H13BrN4O/c11-7-4-6(12)5-14-10(7)15-3-1-2-8(15)9(13)16/h4-5,8H,1-3,12H2,(H2,13,16). The molecule has 0 aromatic carbocycles. The first-order valence-electron chi connectivity index (χ1n) is 5.06. The Balaban J connectivity index is 2.32. The van der Waals surface area contributed by atoms with E-state index in [-0.39, 0.29) is 11.9 Å². The van der Waals surface area contributed by atoms with Gasteiger partial charge in [0.1, 0.15) is 11.9 Å². The highest BCUT2D eigenvalue weighted by atomic mass is 79.9. The van der Waals surface area contributed by atoms with Crippen LogP contribution in [0.25, 0.3) is 0 Å². The quantitative estimate of drug-likeness (QED) is 0.844. The van der Waals surface area contributed by atoms with E-state index in [0.29, 0.717) is 5.69 Å². The van der Waals surface area contributed by atoms with Crippen LogP contribution in [0.15, 0.2) is 16.7 Å². The minimum Gasteiger partial charge on any atom is -0.397 e. The van der Waals surface area contributed by atoms with Gasteiger partial charge in [-0.1, -0.05) is 0 Å². The van der Waals surface area contributed by atoms with E-state index < -0.39 is 0 Å². The van der Waals surface area contributed by atoms with E-state index >= 15 is 0 Å². The lowest BCUT2D eigenvalue weighted by Gasteiger charge is -2.24. The van der Waals surface area contributed by atoms with Gasteiger partial charge in [0.05, 0.1) is 16.4 Å². The highest BCUT2D eigenvalue weighted by Gasteiger charge is 2.30. The third-order valence-electron chi connectivity index (χ3n) is 2.70. The van der Waals surface area contributed by atoms with Crippen LogP contribution in [0.1, 0.15) is 12.8 Å². The predicted octanol–water partition coefficient (Wildman–Crippen LogP) is 0.880. The first kappa shape index (κ1) is 11.2. The fraction of sp³-hybridized carbons (Fsp3) is 0.400. The molecule has 6 heteroatoms. The van der Waals surface area contributed by atoms with E-state index in [9.17, 15) is 4.79 Å². The molecule has 16 heavy (non-hydrogen) atoms. The molecule has 1 aromatic rings. The highest BCUT2D eigenvalue weighted by molar-refractivity contribution is 9.10. The number of amides is 1. The summed E-state index contributed by atoms with van der Waals surface area (Å²) in [5.74, 6) is 0.429. The maximum Gasteiger partial charge on any atom is 0.240 e. The zero-order chi connectivity index (χ0) is 11.7. The molecule has 0 saturated carbocycles. The van der Waals surface area contributed by atoms with Gasteiger partial charge in [-0.2, -0.15) is 0 Å². The summed E-state index contributed by atoms with van der Waals surface area (Å²) in [7, 11) is 0. The van der Waals surface area contributed by atoms with Gasteiger partial charge in [-0.15, -0.1) is 0 Å². The number of hydrogen-bond donors (Lipinski definition) is 2. The third kappa shape index (κ3) is 1.97. The van der Waals surface area contributed by atoms with Gasteiger partial charge in [0.25, 0.3) is 0 Å². The molecule has 0 radical (unpaired) electrons. The molecule has 0 aliphatic carbocycles. The number of halogens is 1. The molecular formula is C10H13BrN4O. The Morgan fingerprint density at radius 3 is 3.00 bits per heavy atom. The zero-order valence-electron chi connectivity index (χ0n) is 8.69. The third-order valence-corrected chi connectivity index (χ3v) is 3.28. The first-order chi connectivity index (χ1) is 7.59. The summed E-state index contributed by atoms with van der Waals surface area (Å²) in [6.07, 6.45) is 3.32. The van der Waals surface area contributed by atoms with E-state index in [1.165, 1.54) is 0 Å². The summed E-state index contributed by atoms with van der Waals surface area (Å²) in [4.78, 5) is 17.4. The summed E-state index contributed by atoms with van der Waals surface area (Å²) >= 11 is 3.40. The lowest BCUT2D eigenvalue weighted by atomic mass is 10.2. The highest BCUT2D eigenvalue weighted by Crippen LogP contribution is 2.31. The molecule has 2 heterocycles. The van der Waals surface area contributed by atoms with Gasteiger partial charge in [-0.05, 0) is 34.8 Å². The predicted molar refractivity (Wildman–Crippen MR) is 65.9 cm³/mol. The first-order valence-corrected chi connectivity index (χ1v) is 5.86. The average Bonchev–Trinajstić information content (AvgIpc) is 2.66. The Morgan fingerprint density at radius 2 is 2.38 bits per heavy atom. The number of nitrogen functional groups attached to an aromatic ring is 1. The zero-order valence-corrected chi connectivity index (χ0v) is 10.3. The number of aromatic nitrogens is 1. The topological polar surface area (TPSA) is 85.2 Å². The molecule has 2 rings (SSSR count). The van der Waals surface area contributed by atoms with E-state index in [1.807, 2.05) is 4.90 Å².